The molecule has 0 atom stereocenters. The normalized spacial score (nSPS) is 11.6. The summed E-state index contributed by atoms with van der Waals surface area (Å²) < 4.78 is 4.89. The fourth-order valence-corrected chi connectivity index (χ4v) is 0.497. The molecule has 0 saturated heterocycles. The first-order valence-electron chi connectivity index (χ1n) is 2.92. The van der Waals surface area contributed by atoms with Crippen molar-refractivity contribution in [1.82, 2.24) is 0 Å². The quantitative estimate of drug-likeness (QED) is 0.394. The summed E-state index contributed by atoms with van der Waals surface area (Å²) in [6.07, 6.45) is 0.893. The third-order valence-electron chi connectivity index (χ3n) is 0.873. The fraction of sp³-hybridized carbons (Fsp3) is 0.833. The highest BCUT2D eigenvalue weighted by Crippen LogP contribution is 1.85. The van der Waals surface area contributed by atoms with Gasteiger partial charge in [-0.15, -0.1) is 0 Å². The van der Waals surface area contributed by atoms with Crippen LogP contribution in [0.5, 0.6) is 0 Å². The van der Waals surface area contributed by atoms with E-state index in [0.29, 0.717) is 0 Å². The minimum atomic E-state index is 0.816. The maximum atomic E-state index is 4.89. The van der Waals surface area contributed by atoms with Gasteiger partial charge in [0.15, 0.2) is 5.90 Å². The van der Waals surface area contributed by atoms with Crippen molar-refractivity contribution in [2.45, 2.75) is 20.3 Å². The van der Waals surface area contributed by atoms with E-state index in [4.69, 9.17) is 4.74 Å². The molecule has 0 radical (unpaired) electrons. The van der Waals surface area contributed by atoms with Crippen molar-refractivity contribution in [3.63, 3.8) is 0 Å². The molecule has 0 aromatic carbocycles. The largest absolute Gasteiger partial charge is 0.484 e. The monoisotopic (exact) mass is 115 g/mol. The van der Waals surface area contributed by atoms with Crippen LogP contribution in [0.2, 0.25) is 0 Å². The predicted molar refractivity (Wildman–Crippen MR) is 35.3 cm³/mol. The average Bonchev–Trinajstić information content (AvgIpc) is 1.83. The summed E-state index contributed by atoms with van der Waals surface area (Å²) in [7, 11) is 1.65. The Balaban J connectivity index is 3.49. The second-order valence-corrected chi connectivity index (χ2v) is 1.43. The molecule has 0 aromatic rings. The summed E-state index contributed by atoms with van der Waals surface area (Å²) in [6, 6.07) is 0. The highest BCUT2D eigenvalue weighted by atomic mass is 16.5. The average molecular weight is 115 g/mol. The number of aliphatic imine (C=N–C) groups is 1. The molecule has 0 fully saturated rings. The second-order valence-electron chi connectivity index (χ2n) is 1.43. The van der Waals surface area contributed by atoms with Gasteiger partial charge in [0.05, 0.1) is 7.11 Å². The van der Waals surface area contributed by atoms with Crippen LogP contribution >= 0.6 is 0 Å². The highest BCUT2D eigenvalue weighted by Gasteiger charge is 1.87. The molecule has 0 unspecified atom stereocenters. The Bertz CT molecular complexity index is 72.6. The Morgan fingerprint density at radius 1 is 1.50 bits per heavy atom. The molecule has 0 bridgehead atoms. The molecule has 0 aromatic heterocycles. The van der Waals surface area contributed by atoms with Crippen molar-refractivity contribution in [1.29, 1.82) is 0 Å². The molecule has 2 nitrogen and oxygen atoms in total. The van der Waals surface area contributed by atoms with E-state index < -0.39 is 0 Å². The van der Waals surface area contributed by atoms with Crippen LogP contribution in [-0.4, -0.2) is 19.6 Å². The Morgan fingerprint density at radius 3 is 2.25 bits per heavy atom. The third kappa shape index (κ3) is 2.61. The lowest BCUT2D eigenvalue weighted by atomic mass is 10.5. The van der Waals surface area contributed by atoms with Crippen LogP contribution in [0.25, 0.3) is 0 Å². The number of ether oxygens (including phenoxy) is 1. The van der Waals surface area contributed by atoms with Crippen LogP contribution < -0.4 is 0 Å². The zero-order valence-corrected chi connectivity index (χ0v) is 5.77. The maximum absolute atomic E-state index is 4.89. The number of hydrogen-bond acceptors (Lipinski definition) is 2. The lowest BCUT2D eigenvalue weighted by Crippen LogP contribution is -1.98. The summed E-state index contributed by atoms with van der Waals surface area (Å²) in [5, 5.41) is 0. The molecule has 8 heavy (non-hydrogen) atoms. The van der Waals surface area contributed by atoms with Crippen LogP contribution in [0.4, 0.5) is 0 Å². The Kier molecular flexibility index (Phi) is 4.32. The van der Waals surface area contributed by atoms with Gasteiger partial charge < -0.3 is 4.74 Å². The summed E-state index contributed by atoms with van der Waals surface area (Å²) in [6.45, 7) is 4.84. The van der Waals surface area contributed by atoms with E-state index in [2.05, 4.69) is 4.99 Å². The number of methoxy groups -OCH3 is 1. The number of rotatable bonds is 2. The topological polar surface area (TPSA) is 21.6 Å². The van der Waals surface area contributed by atoms with E-state index in [9.17, 15) is 0 Å². The first-order valence-corrected chi connectivity index (χ1v) is 2.92. The minimum Gasteiger partial charge on any atom is -0.484 e. The van der Waals surface area contributed by atoms with Crippen molar-refractivity contribution in [2.75, 3.05) is 13.7 Å². The second kappa shape index (κ2) is 4.62. The van der Waals surface area contributed by atoms with Crippen LogP contribution in [0.3, 0.4) is 0 Å². The first-order chi connectivity index (χ1) is 3.85. The van der Waals surface area contributed by atoms with Crippen molar-refractivity contribution in [3.8, 4) is 0 Å². The summed E-state index contributed by atoms with van der Waals surface area (Å²) in [5.41, 5.74) is 0. The SMILES string of the molecule is CCN=C(CC)OC. The van der Waals surface area contributed by atoms with Crippen LogP contribution in [0, 0.1) is 0 Å². The van der Waals surface area contributed by atoms with Crippen molar-refractivity contribution in [2.24, 2.45) is 4.99 Å². The molecule has 0 aliphatic heterocycles. The zero-order chi connectivity index (χ0) is 6.41. The fourth-order valence-electron chi connectivity index (χ4n) is 0.497. The first kappa shape index (κ1) is 7.47. The molecule has 0 saturated carbocycles. The van der Waals surface area contributed by atoms with Gasteiger partial charge in [0.1, 0.15) is 0 Å². The van der Waals surface area contributed by atoms with Gasteiger partial charge in [0.25, 0.3) is 0 Å². The summed E-state index contributed by atoms with van der Waals surface area (Å²) >= 11 is 0. The molecule has 0 amide bonds. The van der Waals surface area contributed by atoms with E-state index in [1.807, 2.05) is 13.8 Å². The molecule has 2 heteroatoms. The van der Waals surface area contributed by atoms with E-state index >= 15 is 0 Å². The summed E-state index contributed by atoms with van der Waals surface area (Å²) in [4.78, 5) is 4.06. The lowest BCUT2D eigenvalue weighted by molar-refractivity contribution is 0.390. The molecule has 0 N–H and O–H groups in total. The van der Waals surface area contributed by atoms with Gasteiger partial charge in [-0.3, -0.25) is 4.99 Å². The van der Waals surface area contributed by atoms with Gasteiger partial charge >= 0.3 is 0 Å². The zero-order valence-electron chi connectivity index (χ0n) is 5.77. The maximum Gasteiger partial charge on any atom is 0.182 e. The Hall–Kier alpha value is -0.530. The highest BCUT2D eigenvalue weighted by molar-refractivity contribution is 5.75. The standard InChI is InChI=1S/C6H13NO/c1-4-6(8-3)7-5-2/h4-5H2,1-3H3. The minimum absolute atomic E-state index is 0.816. The molecule has 0 heterocycles. The van der Waals surface area contributed by atoms with Crippen LogP contribution in [-0.2, 0) is 4.74 Å². The third-order valence-corrected chi connectivity index (χ3v) is 0.873. The molecule has 0 rings (SSSR count). The van der Waals surface area contributed by atoms with Crippen LogP contribution in [0.15, 0.2) is 4.99 Å². The van der Waals surface area contributed by atoms with Gasteiger partial charge in [-0.25, -0.2) is 0 Å². The van der Waals surface area contributed by atoms with Gasteiger partial charge in [-0.1, -0.05) is 6.92 Å². The number of nitrogens with zero attached hydrogens (tertiary/aromatic N) is 1. The molecule has 0 aliphatic rings. The Labute approximate surface area is 50.6 Å². The molecule has 0 spiro atoms. The van der Waals surface area contributed by atoms with Crippen molar-refractivity contribution < 1.29 is 4.74 Å². The summed E-state index contributed by atoms with van der Waals surface area (Å²) in [5.74, 6) is 0.840. The Morgan fingerprint density at radius 2 is 2.12 bits per heavy atom. The van der Waals surface area contributed by atoms with Gasteiger partial charge in [0.2, 0.25) is 0 Å². The predicted octanol–water partition coefficient (Wildman–Crippen LogP) is 1.46. The molecular formula is C6H13NO. The van der Waals surface area contributed by atoms with Crippen molar-refractivity contribution >= 4 is 5.90 Å². The van der Waals surface area contributed by atoms with Gasteiger partial charge in [0, 0.05) is 13.0 Å². The molecule has 48 valence electrons. The van der Waals surface area contributed by atoms with Gasteiger partial charge in [-0.05, 0) is 6.92 Å². The van der Waals surface area contributed by atoms with Crippen molar-refractivity contribution in [3.05, 3.63) is 0 Å². The van der Waals surface area contributed by atoms with Gasteiger partial charge in [-0.2, -0.15) is 0 Å². The smallest absolute Gasteiger partial charge is 0.182 e. The molecule has 0 aliphatic carbocycles. The van der Waals surface area contributed by atoms with E-state index in [-0.39, 0.29) is 0 Å². The van der Waals surface area contributed by atoms with E-state index in [1.54, 1.807) is 7.11 Å². The van der Waals surface area contributed by atoms with E-state index in [0.717, 1.165) is 18.9 Å². The molecular weight excluding hydrogens is 102 g/mol. The number of hydrogen-bond donors (Lipinski definition) is 0. The van der Waals surface area contributed by atoms with E-state index in [1.165, 1.54) is 0 Å². The van der Waals surface area contributed by atoms with Crippen LogP contribution in [0.1, 0.15) is 20.3 Å². The lowest BCUT2D eigenvalue weighted by Gasteiger charge is -1.97.